The summed E-state index contributed by atoms with van der Waals surface area (Å²) in [5.41, 5.74) is 0.640. The van der Waals surface area contributed by atoms with Crippen LogP contribution in [0.4, 0.5) is 0 Å². The normalized spacial score (nSPS) is 15.0. The Kier molecular flexibility index (Phi) is 4.42. The molecule has 2 aromatic rings. The Labute approximate surface area is 144 Å². The van der Waals surface area contributed by atoms with Crippen molar-refractivity contribution in [1.29, 1.82) is 0 Å². The molecule has 0 amide bonds. The van der Waals surface area contributed by atoms with Crippen LogP contribution < -0.4 is 0 Å². The van der Waals surface area contributed by atoms with Gasteiger partial charge < -0.3 is 4.74 Å². The molecule has 5 heteroatoms. The number of esters is 1. The lowest BCUT2D eigenvalue weighted by Gasteiger charge is -2.14. The van der Waals surface area contributed by atoms with Crippen LogP contribution >= 0.6 is 23.2 Å². The highest BCUT2D eigenvalue weighted by Crippen LogP contribution is 2.49. The van der Waals surface area contributed by atoms with Crippen LogP contribution in [0.5, 0.6) is 0 Å². The van der Waals surface area contributed by atoms with Crippen molar-refractivity contribution in [3.05, 3.63) is 69.7 Å². The number of hydrogen-bond donors (Lipinski definition) is 0. The van der Waals surface area contributed by atoms with Gasteiger partial charge in [-0.15, -0.1) is 0 Å². The average molecular weight is 349 g/mol. The van der Waals surface area contributed by atoms with E-state index in [4.69, 9.17) is 27.9 Å². The van der Waals surface area contributed by atoms with Crippen LogP contribution in [0.25, 0.3) is 0 Å². The van der Waals surface area contributed by atoms with Gasteiger partial charge in [-0.05, 0) is 36.6 Å². The first-order chi connectivity index (χ1) is 11.0. The fourth-order valence-electron chi connectivity index (χ4n) is 2.56. The quantitative estimate of drug-likeness (QED) is 0.592. The van der Waals surface area contributed by atoms with Crippen molar-refractivity contribution < 1.29 is 14.3 Å². The molecule has 0 radical (unpaired) electrons. The number of carbonyl (C=O) groups excluding carboxylic acids is 2. The second-order valence-corrected chi connectivity index (χ2v) is 6.42. The highest BCUT2D eigenvalue weighted by atomic mass is 35.5. The second-order valence-electron chi connectivity index (χ2n) is 5.57. The van der Waals surface area contributed by atoms with Gasteiger partial charge in [-0.2, -0.15) is 0 Å². The summed E-state index contributed by atoms with van der Waals surface area (Å²) in [6.45, 7) is -0.325. The molecule has 3 rings (SSSR count). The van der Waals surface area contributed by atoms with E-state index < -0.39 is 5.41 Å². The Morgan fingerprint density at radius 1 is 1.04 bits per heavy atom. The fourth-order valence-corrected chi connectivity index (χ4v) is 3.07. The molecular weight excluding hydrogens is 335 g/mol. The van der Waals surface area contributed by atoms with E-state index in [9.17, 15) is 9.59 Å². The van der Waals surface area contributed by atoms with Crippen molar-refractivity contribution in [3.8, 4) is 0 Å². The molecule has 1 fully saturated rings. The third-order valence-electron chi connectivity index (χ3n) is 4.03. The van der Waals surface area contributed by atoms with E-state index >= 15 is 0 Å². The largest absolute Gasteiger partial charge is 0.457 e. The fraction of sp³-hybridized carbons (Fsp3) is 0.222. The summed E-state index contributed by atoms with van der Waals surface area (Å²) < 4.78 is 5.25. The summed E-state index contributed by atoms with van der Waals surface area (Å²) in [7, 11) is 0. The average Bonchev–Trinajstić information content (AvgIpc) is 3.35. The van der Waals surface area contributed by atoms with Crippen LogP contribution in [-0.4, -0.2) is 18.4 Å². The number of benzene rings is 2. The van der Waals surface area contributed by atoms with Crippen LogP contribution in [0.3, 0.4) is 0 Å². The van der Waals surface area contributed by atoms with E-state index in [1.54, 1.807) is 6.07 Å². The third kappa shape index (κ3) is 3.26. The molecule has 0 spiro atoms. The molecule has 1 aliphatic rings. The van der Waals surface area contributed by atoms with Crippen molar-refractivity contribution in [2.24, 2.45) is 0 Å². The number of halogens is 2. The first kappa shape index (κ1) is 16.0. The molecule has 23 heavy (non-hydrogen) atoms. The molecule has 0 N–H and O–H groups in total. The molecule has 1 saturated carbocycles. The van der Waals surface area contributed by atoms with E-state index in [1.807, 2.05) is 30.3 Å². The van der Waals surface area contributed by atoms with Gasteiger partial charge in [-0.3, -0.25) is 9.59 Å². The first-order valence-corrected chi connectivity index (χ1v) is 7.99. The molecule has 0 aliphatic heterocycles. The molecule has 0 atom stereocenters. The predicted molar refractivity (Wildman–Crippen MR) is 89.1 cm³/mol. The molecule has 0 aromatic heterocycles. The van der Waals surface area contributed by atoms with Crippen LogP contribution in [0.15, 0.2) is 48.5 Å². The molecule has 0 bridgehead atoms. The number of ether oxygens (including phenoxy) is 1. The summed E-state index contributed by atoms with van der Waals surface area (Å²) in [5, 5.41) is 0.701. The summed E-state index contributed by atoms with van der Waals surface area (Å²) in [4.78, 5) is 24.5. The first-order valence-electron chi connectivity index (χ1n) is 7.24. The topological polar surface area (TPSA) is 43.4 Å². The molecule has 0 heterocycles. The molecule has 0 unspecified atom stereocenters. The van der Waals surface area contributed by atoms with E-state index in [2.05, 4.69) is 0 Å². The zero-order chi connectivity index (χ0) is 16.4. The maximum absolute atomic E-state index is 12.4. The zero-order valence-corrected chi connectivity index (χ0v) is 13.7. The second kappa shape index (κ2) is 6.34. The maximum Gasteiger partial charge on any atom is 0.317 e. The minimum Gasteiger partial charge on any atom is -0.457 e. The molecule has 2 aromatic carbocycles. The van der Waals surface area contributed by atoms with Gasteiger partial charge >= 0.3 is 5.97 Å². The van der Waals surface area contributed by atoms with Gasteiger partial charge in [-0.25, -0.2) is 0 Å². The number of hydrogen-bond acceptors (Lipinski definition) is 3. The Balaban J connectivity index is 1.67. The summed E-state index contributed by atoms with van der Waals surface area (Å²) in [6, 6.07) is 14.1. The van der Waals surface area contributed by atoms with Crippen LogP contribution in [0.2, 0.25) is 10.0 Å². The minimum atomic E-state index is -0.592. The van der Waals surface area contributed by atoms with Crippen LogP contribution in [0, 0.1) is 0 Å². The van der Waals surface area contributed by atoms with E-state index in [0.717, 1.165) is 18.4 Å². The Hall–Kier alpha value is -1.84. The lowest BCUT2D eigenvalue weighted by atomic mass is 9.96. The number of ketones is 1. The van der Waals surface area contributed by atoms with Gasteiger partial charge in [0.25, 0.3) is 0 Å². The van der Waals surface area contributed by atoms with Crippen molar-refractivity contribution in [3.63, 3.8) is 0 Å². The lowest BCUT2D eigenvalue weighted by Crippen LogP contribution is -2.25. The Morgan fingerprint density at radius 3 is 2.35 bits per heavy atom. The van der Waals surface area contributed by atoms with Crippen molar-refractivity contribution in [2.45, 2.75) is 18.3 Å². The minimum absolute atomic E-state index is 0.253. The standard InChI is InChI=1S/C18H14Cl2O3/c19-13-6-7-14(15(20)10-13)16(21)11-23-17(22)18(8-9-18)12-4-2-1-3-5-12/h1-7,10H,8-9,11H2. The highest BCUT2D eigenvalue weighted by molar-refractivity contribution is 6.36. The van der Waals surface area contributed by atoms with Crippen LogP contribution in [-0.2, 0) is 14.9 Å². The van der Waals surface area contributed by atoms with Crippen molar-refractivity contribution >= 4 is 35.0 Å². The molecule has 3 nitrogen and oxygen atoms in total. The molecule has 118 valence electrons. The van der Waals surface area contributed by atoms with Gasteiger partial charge in [0.1, 0.15) is 0 Å². The SMILES string of the molecule is O=C(COC(=O)C1(c2ccccc2)CC1)c1ccc(Cl)cc1Cl. The number of rotatable bonds is 5. The summed E-state index contributed by atoms with van der Waals surface area (Å²) in [5.74, 6) is -0.703. The predicted octanol–water partition coefficient (Wildman–Crippen LogP) is 4.45. The molecule has 0 saturated heterocycles. The third-order valence-corrected chi connectivity index (χ3v) is 4.58. The van der Waals surface area contributed by atoms with Gasteiger partial charge in [0.05, 0.1) is 10.4 Å². The Bertz CT molecular complexity index is 752. The molecular formula is C18H14Cl2O3. The lowest BCUT2D eigenvalue weighted by molar-refractivity contribution is -0.145. The Morgan fingerprint density at radius 2 is 1.74 bits per heavy atom. The van der Waals surface area contributed by atoms with E-state index in [0.29, 0.717) is 10.6 Å². The van der Waals surface area contributed by atoms with Gasteiger partial charge in [0.15, 0.2) is 6.61 Å². The zero-order valence-electron chi connectivity index (χ0n) is 12.2. The van der Waals surface area contributed by atoms with Crippen molar-refractivity contribution in [1.82, 2.24) is 0 Å². The molecule has 1 aliphatic carbocycles. The monoisotopic (exact) mass is 348 g/mol. The summed E-state index contributed by atoms with van der Waals surface area (Å²) in [6.07, 6.45) is 1.48. The van der Waals surface area contributed by atoms with Gasteiger partial charge in [0.2, 0.25) is 5.78 Å². The highest BCUT2D eigenvalue weighted by Gasteiger charge is 2.52. The smallest absolute Gasteiger partial charge is 0.317 e. The van der Waals surface area contributed by atoms with Crippen molar-refractivity contribution in [2.75, 3.05) is 6.61 Å². The summed E-state index contributed by atoms with van der Waals surface area (Å²) >= 11 is 11.8. The van der Waals surface area contributed by atoms with E-state index in [-0.39, 0.29) is 23.4 Å². The van der Waals surface area contributed by atoms with Gasteiger partial charge in [0, 0.05) is 10.6 Å². The number of Topliss-reactive ketones (excluding diaryl/α,β-unsaturated/α-hetero) is 1. The van der Waals surface area contributed by atoms with Gasteiger partial charge in [-0.1, -0.05) is 53.5 Å². The number of carbonyl (C=O) groups is 2. The maximum atomic E-state index is 12.4. The van der Waals surface area contributed by atoms with E-state index in [1.165, 1.54) is 12.1 Å². The van der Waals surface area contributed by atoms with Crippen LogP contribution in [0.1, 0.15) is 28.8 Å².